The van der Waals surface area contributed by atoms with Gasteiger partial charge in [-0.05, 0) is 6.92 Å². The Kier molecular flexibility index (Phi) is 92.2. The van der Waals surface area contributed by atoms with Gasteiger partial charge >= 0.3 is 0 Å². The third-order valence-electron chi connectivity index (χ3n) is 0.329. The number of aliphatic hydroxyl groups excluding tert-OH is 2. The van der Waals surface area contributed by atoms with Gasteiger partial charge in [0.1, 0.15) is 0 Å². The summed E-state index contributed by atoms with van der Waals surface area (Å²) in [6.45, 7) is 5.42. The number of aliphatic hydroxyl groups is 2. The SMILES string of the molecule is C=CC=CC.CO.CO. The molecule has 0 unspecified atom stereocenters. The van der Waals surface area contributed by atoms with Gasteiger partial charge in [0.25, 0.3) is 0 Å². The van der Waals surface area contributed by atoms with Crippen LogP contribution in [0.15, 0.2) is 24.8 Å². The fraction of sp³-hybridized carbons (Fsp3) is 0.429. The van der Waals surface area contributed by atoms with Crippen LogP contribution in [0, 0.1) is 0 Å². The molecule has 0 amide bonds. The van der Waals surface area contributed by atoms with Gasteiger partial charge < -0.3 is 10.2 Å². The van der Waals surface area contributed by atoms with Crippen LogP contribution in [0.5, 0.6) is 0 Å². The van der Waals surface area contributed by atoms with Crippen LogP contribution in [0.3, 0.4) is 0 Å². The topological polar surface area (TPSA) is 40.5 Å². The summed E-state index contributed by atoms with van der Waals surface area (Å²) in [5, 5.41) is 14.0. The minimum Gasteiger partial charge on any atom is -0.400 e. The first-order chi connectivity index (χ1) is 4.41. The van der Waals surface area contributed by atoms with E-state index in [1.54, 1.807) is 6.08 Å². The predicted octanol–water partition coefficient (Wildman–Crippen LogP) is 0.965. The highest BCUT2D eigenvalue weighted by molar-refractivity contribution is 4.94. The van der Waals surface area contributed by atoms with Crippen molar-refractivity contribution in [1.82, 2.24) is 0 Å². The minimum absolute atomic E-state index is 1.00. The maximum absolute atomic E-state index is 7.00. The van der Waals surface area contributed by atoms with Crippen molar-refractivity contribution in [2.45, 2.75) is 6.92 Å². The minimum atomic E-state index is 1.00. The quantitative estimate of drug-likeness (QED) is 0.522. The number of hydrogen-bond donors (Lipinski definition) is 2. The molecule has 0 aromatic heterocycles. The summed E-state index contributed by atoms with van der Waals surface area (Å²) in [7, 11) is 2.00. The van der Waals surface area contributed by atoms with Crippen LogP contribution < -0.4 is 0 Å². The molecule has 9 heavy (non-hydrogen) atoms. The maximum Gasteiger partial charge on any atom is 0.0319 e. The van der Waals surface area contributed by atoms with Gasteiger partial charge in [0, 0.05) is 14.2 Å². The molecule has 0 atom stereocenters. The van der Waals surface area contributed by atoms with E-state index in [0.29, 0.717) is 0 Å². The fourth-order valence-corrected chi connectivity index (χ4v) is 0.136. The molecule has 0 fully saturated rings. The first-order valence-electron chi connectivity index (χ1n) is 2.55. The average Bonchev–Trinajstić information content (AvgIpc) is 1.98. The Morgan fingerprint density at radius 2 is 1.44 bits per heavy atom. The zero-order chi connectivity index (χ0) is 8.12. The average molecular weight is 132 g/mol. The van der Waals surface area contributed by atoms with Gasteiger partial charge in [-0.1, -0.05) is 24.8 Å². The van der Waals surface area contributed by atoms with E-state index in [4.69, 9.17) is 10.2 Å². The molecule has 0 saturated carbocycles. The van der Waals surface area contributed by atoms with E-state index < -0.39 is 0 Å². The summed E-state index contributed by atoms with van der Waals surface area (Å²) in [6.07, 6.45) is 5.58. The zero-order valence-electron chi connectivity index (χ0n) is 6.33. The summed E-state index contributed by atoms with van der Waals surface area (Å²) in [6, 6.07) is 0. The molecule has 0 bridgehead atoms. The second-order valence-corrected chi connectivity index (χ2v) is 0.761. The third-order valence-corrected chi connectivity index (χ3v) is 0.329. The van der Waals surface area contributed by atoms with Crippen molar-refractivity contribution in [1.29, 1.82) is 0 Å². The van der Waals surface area contributed by atoms with E-state index >= 15 is 0 Å². The van der Waals surface area contributed by atoms with E-state index in [0.717, 1.165) is 14.2 Å². The molecular weight excluding hydrogens is 116 g/mol. The Labute approximate surface area is 57.1 Å². The summed E-state index contributed by atoms with van der Waals surface area (Å²) in [5.41, 5.74) is 0. The summed E-state index contributed by atoms with van der Waals surface area (Å²) in [4.78, 5) is 0. The number of allylic oxidation sites excluding steroid dienone is 3. The highest BCUT2D eigenvalue weighted by Crippen LogP contribution is 1.64. The second-order valence-electron chi connectivity index (χ2n) is 0.761. The molecule has 0 saturated heterocycles. The van der Waals surface area contributed by atoms with E-state index in [2.05, 4.69) is 6.58 Å². The number of hydrogen-bond acceptors (Lipinski definition) is 2. The Bertz CT molecular complexity index is 48.9. The van der Waals surface area contributed by atoms with Crippen molar-refractivity contribution >= 4 is 0 Å². The smallest absolute Gasteiger partial charge is 0.0319 e. The first-order valence-corrected chi connectivity index (χ1v) is 2.55. The van der Waals surface area contributed by atoms with Crippen LogP contribution in [0.1, 0.15) is 6.92 Å². The van der Waals surface area contributed by atoms with Crippen molar-refractivity contribution in [3.8, 4) is 0 Å². The zero-order valence-corrected chi connectivity index (χ0v) is 6.33. The van der Waals surface area contributed by atoms with Crippen LogP contribution >= 0.6 is 0 Å². The molecule has 2 heteroatoms. The molecule has 0 aliphatic heterocycles. The van der Waals surface area contributed by atoms with Crippen LogP contribution in [0.4, 0.5) is 0 Å². The van der Waals surface area contributed by atoms with Crippen molar-refractivity contribution in [3.63, 3.8) is 0 Å². The lowest BCUT2D eigenvalue weighted by Gasteiger charge is -1.56. The molecule has 0 spiro atoms. The number of rotatable bonds is 1. The summed E-state index contributed by atoms with van der Waals surface area (Å²) < 4.78 is 0. The van der Waals surface area contributed by atoms with Crippen LogP contribution in [-0.2, 0) is 0 Å². The van der Waals surface area contributed by atoms with Gasteiger partial charge in [0.15, 0.2) is 0 Å². The van der Waals surface area contributed by atoms with Gasteiger partial charge in [-0.15, -0.1) is 0 Å². The molecule has 0 aliphatic carbocycles. The molecule has 2 nitrogen and oxygen atoms in total. The molecule has 2 N–H and O–H groups in total. The molecule has 0 rings (SSSR count). The van der Waals surface area contributed by atoms with Gasteiger partial charge in [0.2, 0.25) is 0 Å². The standard InChI is InChI=1S/C5H8.2CH4O/c1-3-5-4-2;2*1-2/h3-5H,1H2,2H3;2*2H,1H3. The lowest BCUT2D eigenvalue weighted by Crippen LogP contribution is -1.33. The van der Waals surface area contributed by atoms with Crippen LogP contribution in [-0.4, -0.2) is 24.4 Å². The van der Waals surface area contributed by atoms with Crippen molar-refractivity contribution in [2.75, 3.05) is 14.2 Å². The Balaban J connectivity index is -0.0000000771. The second kappa shape index (κ2) is 52.6. The molecule has 0 aromatic rings. The predicted molar refractivity (Wildman–Crippen MR) is 41.3 cm³/mol. The molecule has 56 valence electrons. The molecule has 0 aromatic carbocycles. The van der Waals surface area contributed by atoms with Crippen LogP contribution in [0.25, 0.3) is 0 Å². The van der Waals surface area contributed by atoms with Crippen molar-refractivity contribution in [3.05, 3.63) is 24.8 Å². The Morgan fingerprint density at radius 3 is 1.44 bits per heavy atom. The molecule has 0 heterocycles. The first kappa shape index (κ1) is 15.8. The summed E-state index contributed by atoms with van der Waals surface area (Å²) in [5.74, 6) is 0. The van der Waals surface area contributed by atoms with E-state index in [9.17, 15) is 0 Å². The summed E-state index contributed by atoms with van der Waals surface area (Å²) >= 11 is 0. The van der Waals surface area contributed by atoms with E-state index in [1.165, 1.54) is 0 Å². The van der Waals surface area contributed by atoms with Gasteiger partial charge in [-0.2, -0.15) is 0 Å². The van der Waals surface area contributed by atoms with E-state index in [1.807, 2.05) is 19.1 Å². The van der Waals surface area contributed by atoms with Crippen molar-refractivity contribution < 1.29 is 10.2 Å². The normalized spacial score (nSPS) is 6.33. The van der Waals surface area contributed by atoms with E-state index in [-0.39, 0.29) is 0 Å². The maximum atomic E-state index is 7.00. The van der Waals surface area contributed by atoms with Crippen molar-refractivity contribution in [2.24, 2.45) is 0 Å². The van der Waals surface area contributed by atoms with Gasteiger partial charge in [-0.3, -0.25) is 0 Å². The fourth-order valence-electron chi connectivity index (χ4n) is 0.136. The largest absolute Gasteiger partial charge is 0.400 e. The lowest BCUT2D eigenvalue weighted by molar-refractivity contribution is 0.399. The Morgan fingerprint density at radius 1 is 1.11 bits per heavy atom. The highest BCUT2D eigenvalue weighted by Gasteiger charge is 1.42. The van der Waals surface area contributed by atoms with Gasteiger partial charge in [-0.25, -0.2) is 0 Å². The molecular formula is C7H16O2. The Hall–Kier alpha value is -0.600. The van der Waals surface area contributed by atoms with Gasteiger partial charge in [0.05, 0.1) is 0 Å². The molecule has 0 radical (unpaired) electrons. The monoisotopic (exact) mass is 132 g/mol. The lowest BCUT2D eigenvalue weighted by atomic mass is 10.5. The third kappa shape index (κ3) is 110. The highest BCUT2D eigenvalue weighted by atomic mass is 16.2. The molecule has 0 aliphatic rings. The van der Waals surface area contributed by atoms with Crippen LogP contribution in [0.2, 0.25) is 0 Å².